The fourth-order valence-corrected chi connectivity index (χ4v) is 2.59. The van der Waals surface area contributed by atoms with Crippen LogP contribution < -0.4 is 10.5 Å². The summed E-state index contributed by atoms with van der Waals surface area (Å²) < 4.78 is 5.78. The average Bonchev–Trinajstić information content (AvgIpc) is 2.82. The summed E-state index contributed by atoms with van der Waals surface area (Å²) >= 11 is 7.49. The Morgan fingerprint density at radius 3 is 2.89 bits per heavy atom. The van der Waals surface area contributed by atoms with Crippen LogP contribution in [0.2, 0.25) is 5.02 Å². The molecule has 3 rings (SSSR count). The molecular weight excluding hydrogens is 282 g/mol. The van der Waals surface area contributed by atoms with Crippen molar-refractivity contribution in [3.8, 4) is 11.6 Å². The molecule has 0 radical (unpaired) electrons. The van der Waals surface area contributed by atoms with Gasteiger partial charge in [0, 0.05) is 5.02 Å². The summed E-state index contributed by atoms with van der Waals surface area (Å²) in [7, 11) is 0. The minimum absolute atomic E-state index is 0.204. The predicted molar refractivity (Wildman–Crippen MR) is 78.1 cm³/mol. The van der Waals surface area contributed by atoms with Crippen molar-refractivity contribution in [2.45, 2.75) is 6.92 Å². The first kappa shape index (κ1) is 12.2. The number of benzene rings is 1. The van der Waals surface area contributed by atoms with E-state index in [9.17, 15) is 0 Å². The molecule has 0 spiro atoms. The molecule has 2 aromatic heterocycles. The number of aryl methyl sites for hydroxylation is 1. The van der Waals surface area contributed by atoms with Gasteiger partial charge in [-0.25, -0.2) is 4.98 Å². The van der Waals surface area contributed by atoms with Crippen LogP contribution in [-0.4, -0.2) is 9.97 Å². The number of nitrogen functional groups attached to an aromatic ring is 1. The highest BCUT2D eigenvalue weighted by molar-refractivity contribution is 7.16. The lowest BCUT2D eigenvalue weighted by molar-refractivity contribution is 0.469. The fraction of sp³-hybridized carbons (Fsp3) is 0.0769. The number of nitrogens with two attached hydrogens (primary N) is 1. The van der Waals surface area contributed by atoms with Crippen LogP contribution in [0.25, 0.3) is 10.2 Å². The van der Waals surface area contributed by atoms with E-state index in [-0.39, 0.29) is 5.95 Å². The molecule has 0 fully saturated rings. The smallest absolute Gasteiger partial charge is 0.232 e. The highest BCUT2D eigenvalue weighted by atomic mass is 35.5. The predicted octanol–water partition coefficient (Wildman–Crippen LogP) is 4.03. The van der Waals surface area contributed by atoms with Crippen LogP contribution >= 0.6 is 22.9 Å². The summed E-state index contributed by atoms with van der Waals surface area (Å²) in [5, 5.41) is 3.49. The molecule has 0 unspecified atom stereocenters. The van der Waals surface area contributed by atoms with E-state index in [1.807, 2.05) is 24.4 Å². The molecule has 96 valence electrons. The topological polar surface area (TPSA) is 61.0 Å². The van der Waals surface area contributed by atoms with Crippen molar-refractivity contribution in [2.75, 3.05) is 5.73 Å². The van der Waals surface area contributed by atoms with E-state index >= 15 is 0 Å². The third-order valence-electron chi connectivity index (χ3n) is 2.65. The highest BCUT2D eigenvalue weighted by Crippen LogP contribution is 2.32. The zero-order valence-corrected chi connectivity index (χ0v) is 11.6. The quantitative estimate of drug-likeness (QED) is 0.774. The molecular formula is C13H10ClN3OS. The van der Waals surface area contributed by atoms with Crippen molar-refractivity contribution in [1.29, 1.82) is 0 Å². The maximum Gasteiger partial charge on any atom is 0.232 e. The molecule has 0 atom stereocenters. The molecule has 0 saturated carbocycles. The first-order chi connectivity index (χ1) is 9.13. The van der Waals surface area contributed by atoms with Crippen LogP contribution in [0, 0.1) is 6.92 Å². The number of hydrogen-bond acceptors (Lipinski definition) is 5. The maximum absolute atomic E-state index is 5.99. The van der Waals surface area contributed by atoms with Gasteiger partial charge in [-0.2, -0.15) is 4.98 Å². The number of ether oxygens (including phenoxy) is 1. The van der Waals surface area contributed by atoms with Crippen LogP contribution in [0.3, 0.4) is 0 Å². The Labute approximate surface area is 118 Å². The number of anilines is 1. The van der Waals surface area contributed by atoms with E-state index in [2.05, 4.69) is 9.97 Å². The normalized spacial score (nSPS) is 10.8. The summed E-state index contributed by atoms with van der Waals surface area (Å²) in [5.74, 6) is 1.34. The summed E-state index contributed by atoms with van der Waals surface area (Å²) in [5.41, 5.74) is 6.62. The van der Waals surface area contributed by atoms with E-state index < -0.39 is 0 Å². The van der Waals surface area contributed by atoms with Crippen molar-refractivity contribution in [3.63, 3.8) is 0 Å². The van der Waals surface area contributed by atoms with E-state index in [4.69, 9.17) is 22.1 Å². The van der Waals surface area contributed by atoms with Crippen LogP contribution in [0.1, 0.15) is 5.56 Å². The zero-order chi connectivity index (χ0) is 13.4. The van der Waals surface area contributed by atoms with Gasteiger partial charge in [-0.05, 0) is 42.1 Å². The number of rotatable bonds is 2. The van der Waals surface area contributed by atoms with E-state index in [0.717, 1.165) is 15.8 Å². The first-order valence-corrected chi connectivity index (χ1v) is 6.84. The summed E-state index contributed by atoms with van der Waals surface area (Å²) in [6, 6.07) is 7.36. The molecule has 0 amide bonds. The van der Waals surface area contributed by atoms with Gasteiger partial charge in [-0.3, -0.25) is 0 Å². The lowest BCUT2D eigenvalue weighted by Gasteiger charge is -2.07. The van der Waals surface area contributed by atoms with Crippen molar-refractivity contribution in [1.82, 2.24) is 9.97 Å². The van der Waals surface area contributed by atoms with E-state index in [1.54, 1.807) is 12.1 Å². The molecule has 0 bridgehead atoms. The van der Waals surface area contributed by atoms with Crippen LogP contribution in [-0.2, 0) is 0 Å². The van der Waals surface area contributed by atoms with E-state index in [0.29, 0.717) is 16.7 Å². The number of hydrogen-bond donors (Lipinski definition) is 1. The van der Waals surface area contributed by atoms with Gasteiger partial charge in [-0.15, -0.1) is 11.3 Å². The summed E-state index contributed by atoms with van der Waals surface area (Å²) in [4.78, 5) is 9.11. The average molecular weight is 292 g/mol. The largest absolute Gasteiger partial charge is 0.438 e. The van der Waals surface area contributed by atoms with Gasteiger partial charge in [0.05, 0.1) is 5.39 Å². The molecule has 0 saturated heterocycles. The molecule has 19 heavy (non-hydrogen) atoms. The monoisotopic (exact) mass is 291 g/mol. The third kappa shape index (κ3) is 2.34. The van der Waals surface area contributed by atoms with Gasteiger partial charge in [0.2, 0.25) is 11.8 Å². The van der Waals surface area contributed by atoms with Crippen molar-refractivity contribution >= 4 is 39.1 Å². The first-order valence-electron chi connectivity index (χ1n) is 5.58. The zero-order valence-electron chi connectivity index (χ0n) is 10.1. The van der Waals surface area contributed by atoms with Gasteiger partial charge in [-0.1, -0.05) is 11.6 Å². The Hall–Kier alpha value is -1.85. The van der Waals surface area contributed by atoms with Crippen LogP contribution in [0.4, 0.5) is 5.95 Å². The molecule has 4 nitrogen and oxygen atoms in total. The Balaban J connectivity index is 2.04. The van der Waals surface area contributed by atoms with Gasteiger partial charge < -0.3 is 10.5 Å². The number of halogens is 1. The second kappa shape index (κ2) is 4.68. The Morgan fingerprint density at radius 2 is 2.11 bits per heavy atom. The Kier molecular flexibility index (Phi) is 3.00. The molecule has 6 heteroatoms. The SMILES string of the molecule is Cc1cc(Oc2nc(N)nc3sccc23)ccc1Cl. The fourth-order valence-electron chi connectivity index (χ4n) is 1.71. The Bertz CT molecular complexity index is 757. The molecule has 1 aromatic carbocycles. The summed E-state index contributed by atoms with van der Waals surface area (Å²) in [6.07, 6.45) is 0. The lowest BCUT2D eigenvalue weighted by Crippen LogP contribution is -1.97. The minimum atomic E-state index is 0.204. The van der Waals surface area contributed by atoms with Crippen molar-refractivity contribution < 1.29 is 4.74 Å². The molecule has 2 heterocycles. The number of aromatic nitrogens is 2. The Morgan fingerprint density at radius 1 is 1.26 bits per heavy atom. The molecule has 2 N–H and O–H groups in total. The van der Waals surface area contributed by atoms with Crippen molar-refractivity contribution in [3.05, 3.63) is 40.2 Å². The van der Waals surface area contributed by atoms with Gasteiger partial charge in [0.25, 0.3) is 0 Å². The van der Waals surface area contributed by atoms with Gasteiger partial charge >= 0.3 is 0 Å². The number of nitrogens with zero attached hydrogens (tertiary/aromatic N) is 2. The molecule has 0 aliphatic carbocycles. The van der Waals surface area contributed by atoms with E-state index in [1.165, 1.54) is 11.3 Å². The van der Waals surface area contributed by atoms with Gasteiger partial charge in [0.1, 0.15) is 10.6 Å². The number of fused-ring (bicyclic) bond motifs is 1. The van der Waals surface area contributed by atoms with Crippen molar-refractivity contribution in [2.24, 2.45) is 0 Å². The summed E-state index contributed by atoms with van der Waals surface area (Å²) in [6.45, 7) is 1.92. The molecule has 3 aromatic rings. The molecule has 0 aliphatic rings. The van der Waals surface area contributed by atoms with Crippen LogP contribution in [0.15, 0.2) is 29.6 Å². The maximum atomic E-state index is 5.99. The lowest BCUT2D eigenvalue weighted by atomic mass is 10.2. The standard InChI is InChI=1S/C13H10ClN3OS/c1-7-6-8(2-3-10(7)14)18-11-9-4-5-19-12(9)17-13(15)16-11/h2-6H,1H3,(H2,15,16,17). The van der Waals surface area contributed by atoms with Gasteiger partial charge in [0.15, 0.2) is 0 Å². The molecule has 0 aliphatic heterocycles. The number of thiophene rings is 1. The van der Waals surface area contributed by atoms with Crippen LogP contribution in [0.5, 0.6) is 11.6 Å². The minimum Gasteiger partial charge on any atom is -0.438 e. The highest BCUT2D eigenvalue weighted by Gasteiger charge is 2.10. The second-order valence-corrected chi connectivity index (χ2v) is 5.34. The third-order valence-corrected chi connectivity index (χ3v) is 3.88. The second-order valence-electron chi connectivity index (χ2n) is 4.04.